The fourth-order valence-corrected chi connectivity index (χ4v) is 3.30. The van der Waals surface area contributed by atoms with Gasteiger partial charge in [-0.25, -0.2) is 9.48 Å². The summed E-state index contributed by atoms with van der Waals surface area (Å²) in [5, 5.41) is 11.0. The topological polar surface area (TPSA) is 89.4 Å². The summed E-state index contributed by atoms with van der Waals surface area (Å²) >= 11 is 0. The summed E-state index contributed by atoms with van der Waals surface area (Å²) in [5.74, 6) is -0.196. The van der Waals surface area contributed by atoms with Crippen LogP contribution in [-0.4, -0.2) is 50.6 Å². The van der Waals surface area contributed by atoms with Crippen LogP contribution < -0.4 is 5.32 Å². The van der Waals surface area contributed by atoms with E-state index in [4.69, 9.17) is 4.74 Å². The number of hydrogen-bond donors (Lipinski definition) is 1. The predicted octanol–water partition coefficient (Wildman–Crippen LogP) is 0.927. The third kappa shape index (κ3) is 3.00. The quantitative estimate of drug-likeness (QED) is 0.836. The molecule has 3 heterocycles. The van der Waals surface area contributed by atoms with Crippen molar-refractivity contribution in [2.24, 2.45) is 0 Å². The van der Waals surface area contributed by atoms with Crippen molar-refractivity contribution in [3.05, 3.63) is 47.8 Å². The standard InChI is InChI=1S/C17H19N5O3/c23-15-17(6-8-25-9-7-17)18-16(24)22(15)12-14-11-21(20-19-14)10-13-4-2-1-3-5-13/h1-5,11H,6-10,12H2,(H,18,24). The molecule has 0 aliphatic carbocycles. The van der Waals surface area contributed by atoms with Crippen LogP contribution in [0.1, 0.15) is 24.1 Å². The van der Waals surface area contributed by atoms with Crippen LogP contribution in [0.25, 0.3) is 0 Å². The Balaban J connectivity index is 1.45. The van der Waals surface area contributed by atoms with Gasteiger partial charge in [0.25, 0.3) is 5.91 Å². The van der Waals surface area contributed by atoms with E-state index in [1.807, 2.05) is 30.3 Å². The van der Waals surface area contributed by atoms with Crippen LogP contribution in [0.2, 0.25) is 0 Å². The van der Waals surface area contributed by atoms with Crippen molar-refractivity contribution in [3.8, 4) is 0 Å². The summed E-state index contributed by atoms with van der Waals surface area (Å²) < 4.78 is 7.01. The van der Waals surface area contributed by atoms with E-state index in [9.17, 15) is 9.59 Å². The summed E-state index contributed by atoms with van der Waals surface area (Å²) in [6, 6.07) is 9.53. The highest BCUT2D eigenvalue weighted by molar-refractivity contribution is 6.07. The maximum absolute atomic E-state index is 12.7. The average Bonchev–Trinajstić information content (AvgIpc) is 3.15. The average molecular weight is 341 g/mol. The summed E-state index contributed by atoms with van der Waals surface area (Å²) in [6.07, 6.45) is 2.78. The zero-order valence-corrected chi connectivity index (χ0v) is 13.7. The highest BCUT2D eigenvalue weighted by Gasteiger charge is 2.51. The highest BCUT2D eigenvalue weighted by Crippen LogP contribution is 2.29. The Hall–Kier alpha value is -2.74. The fraction of sp³-hybridized carbons (Fsp3) is 0.412. The molecule has 1 N–H and O–H groups in total. The summed E-state index contributed by atoms with van der Waals surface area (Å²) in [7, 11) is 0. The molecule has 1 aromatic heterocycles. The van der Waals surface area contributed by atoms with Crippen LogP contribution in [0.4, 0.5) is 4.79 Å². The van der Waals surface area contributed by atoms with Gasteiger partial charge in [0.15, 0.2) is 0 Å². The van der Waals surface area contributed by atoms with Crippen molar-refractivity contribution in [1.29, 1.82) is 0 Å². The van der Waals surface area contributed by atoms with Crippen LogP contribution in [0.3, 0.4) is 0 Å². The van der Waals surface area contributed by atoms with E-state index in [2.05, 4.69) is 15.6 Å². The van der Waals surface area contributed by atoms with Gasteiger partial charge in [-0.1, -0.05) is 35.5 Å². The molecule has 2 aliphatic heterocycles. The first-order valence-corrected chi connectivity index (χ1v) is 8.31. The molecule has 2 fully saturated rings. The van der Waals surface area contributed by atoms with Gasteiger partial charge in [0, 0.05) is 26.1 Å². The van der Waals surface area contributed by atoms with Gasteiger partial charge in [-0.2, -0.15) is 0 Å². The first-order chi connectivity index (χ1) is 12.2. The fourth-order valence-electron chi connectivity index (χ4n) is 3.30. The molecule has 0 saturated carbocycles. The second-order valence-corrected chi connectivity index (χ2v) is 6.41. The first kappa shape index (κ1) is 15.8. The van der Waals surface area contributed by atoms with Crippen molar-refractivity contribution in [2.45, 2.75) is 31.5 Å². The zero-order chi connectivity index (χ0) is 17.3. The number of carbonyl (C=O) groups is 2. The van der Waals surface area contributed by atoms with E-state index in [-0.39, 0.29) is 18.5 Å². The van der Waals surface area contributed by atoms with Crippen LogP contribution in [0.5, 0.6) is 0 Å². The number of nitrogens with zero attached hydrogens (tertiary/aromatic N) is 4. The Morgan fingerprint density at radius 1 is 1.12 bits per heavy atom. The Labute approximate surface area is 144 Å². The molecule has 2 saturated heterocycles. The van der Waals surface area contributed by atoms with Gasteiger partial charge in [0.05, 0.1) is 19.3 Å². The van der Waals surface area contributed by atoms with Crippen molar-refractivity contribution in [3.63, 3.8) is 0 Å². The number of nitrogens with one attached hydrogen (secondary N) is 1. The molecule has 8 nitrogen and oxygen atoms in total. The lowest BCUT2D eigenvalue weighted by Crippen LogP contribution is -2.51. The molecule has 4 rings (SSSR count). The maximum Gasteiger partial charge on any atom is 0.325 e. The van der Waals surface area contributed by atoms with Gasteiger partial charge < -0.3 is 10.1 Å². The molecule has 0 unspecified atom stereocenters. The summed E-state index contributed by atoms with van der Waals surface area (Å²) in [5.41, 5.74) is 0.883. The Morgan fingerprint density at radius 3 is 2.64 bits per heavy atom. The molecule has 0 atom stereocenters. The van der Waals surface area contributed by atoms with E-state index in [0.29, 0.717) is 38.3 Å². The monoisotopic (exact) mass is 341 g/mol. The summed E-state index contributed by atoms with van der Waals surface area (Å²) in [6.45, 7) is 1.68. The van der Waals surface area contributed by atoms with E-state index in [0.717, 1.165) is 5.56 Å². The van der Waals surface area contributed by atoms with Gasteiger partial charge >= 0.3 is 6.03 Å². The van der Waals surface area contributed by atoms with Gasteiger partial charge in [0.1, 0.15) is 11.2 Å². The lowest BCUT2D eigenvalue weighted by molar-refractivity contribution is -0.135. The minimum absolute atomic E-state index is 0.127. The minimum atomic E-state index is -0.810. The Bertz CT molecular complexity index is 783. The lowest BCUT2D eigenvalue weighted by atomic mass is 9.90. The molecule has 0 bridgehead atoms. The third-order valence-electron chi connectivity index (χ3n) is 4.69. The Morgan fingerprint density at radius 2 is 1.88 bits per heavy atom. The smallest absolute Gasteiger partial charge is 0.325 e. The largest absolute Gasteiger partial charge is 0.381 e. The number of benzene rings is 1. The van der Waals surface area contributed by atoms with Crippen molar-refractivity contribution >= 4 is 11.9 Å². The highest BCUT2D eigenvalue weighted by atomic mass is 16.5. The van der Waals surface area contributed by atoms with Crippen LogP contribution >= 0.6 is 0 Å². The third-order valence-corrected chi connectivity index (χ3v) is 4.69. The van der Waals surface area contributed by atoms with Gasteiger partial charge in [-0.3, -0.25) is 9.69 Å². The normalized spacial score (nSPS) is 19.4. The molecule has 25 heavy (non-hydrogen) atoms. The summed E-state index contributed by atoms with van der Waals surface area (Å²) in [4.78, 5) is 26.2. The minimum Gasteiger partial charge on any atom is -0.381 e. The SMILES string of the molecule is O=C1NC2(CCOCC2)C(=O)N1Cc1cn(Cc2ccccc2)nn1. The van der Waals surface area contributed by atoms with Crippen LogP contribution in [0.15, 0.2) is 36.5 Å². The van der Waals surface area contributed by atoms with Gasteiger partial charge in [0.2, 0.25) is 0 Å². The number of ether oxygens (including phenoxy) is 1. The van der Waals surface area contributed by atoms with Crippen molar-refractivity contribution in [1.82, 2.24) is 25.2 Å². The molecule has 1 aromatic carbocycles. The van der Waals surface area contributed by atoms with E-state index in [1.165, 1.54) is 4.90 Å². The van der Waals surface area contributed by atoms with E-state index < -0.39 is 5.54 Å². The van der Waals surface area contributed by atoms with Gasteiger partial charge in [-0.15, -0.1) is 5.10 Å². The maximum atomic E-state index is 12.7. The van der Waals surface area contributed by atoms with Crippen LogP contribution in [-0.2, 0) is 22.6 Å². The molecule has 0 radical (unpaired) electrons. The molecular formula is C17H19N5O3. The zero-order valence-electron chi connectivity index (χ0n) is 13.7. The molecule has 130 valence electrons. The number of hydrogen-bond acceptors (Lipinski definition) is 5. The Kier molecular flexibility index (Phi) is 3.96. The molecule has 2 aromatic rings. The predicted molar refractivity (Wildman–Crippen MR) is 87.4 cm³/mol. The van der Waals surface area contributed by atoms with Crippen molar-refractivity contribution in [2.75, 3.05) is 13.2 Å². The molecule has 1 spiro atoms. The van der Waals surface area contributed by atoms with E-state index in [1.54, 1.807) is 10.9 Å². The second kappa shape index (κ2) is 6.29. The number of amides is 3. The lowest BCUT2D eigenvalue weighted by Gasteiger charge is -2.30. The molecular weight excluding hydrogens is 322 g/mol. The second-order valence-electron chi connectivity index (χ2n) is 6.41. The number of aromatic nitrogens is 3. The van der Waals surface area contributed by atoms with Crippen molar-refractivity contribution < 1.29 is 14.3 Å². The van der Waals surface area contributed by atoms with E-state index >= 15 is 0 Å². The van der Waals surface area contributed by atoms with Crippen LogP contribution in [0, 0.1) is 0 Å². The molecule has 8 heteroatoms. The number of rotatable bonds is 4. The first-order valence-electron chi connectivity index (χ1n) is 8.31. The number of urea groups is 1. The molecule has 2 aliphatic rings. The number of carbonyl (C=O) groups excluding carboxylic acids is 2. The molecule has 3 amide bonds. The van der Waals surface area contributed by atoms with Gasteiger partial charge in [-0.05, 0) is 5.56 Å². The number of imide groups is 1.